The van der Waals surface area contributed by atoms with Gasteiger partial charge >= 0.3 is 0 Å². The molecule has 1 amide bonds. The van der Waals surface area contributed by atoms with E-state index in [0.29, 0.717) is 19.5 Å². The van der Waals surface area contributed by atoms with Crippen molar-refractivity contribution in [3.63, 3.8) is 0 Å². The Morgan fingerprint density at radius 1 is 1.26 bits per heavy atom. The number of carbonyl (C=O) groups is 1. The molecule has 0 atom stereocenters. The van der Waals surface area contributed by atoms with Gasteiger partial charge in [0.1, 0.15) is 0 Å². The number of hydrogen-bond acceptors (Lipinski definition) is 3. The number of amides is 1. The highest BCUT2D eigenvalue weighted by molar-refractivity contribution is 5.76. The minimum atomic E-state index is 0.104. The number of rotatable bonds is 8. The lowest BCUT2D eigenvalue weighted by molar-refractivity contribution is -0.120. The predicted octanol–water partition coefficient (Wildman–Crippen LogP) is 1.68. The van der Waals surface area contributed by atoms with Gasteiger partial charge in [0.15, 0.2) is 0 Å². The van der Waals surface area contributed by atoms with Crippen molar-refractivity contribution in [1.29, 1.82) is 0 Å². The number of nitrogens with zero attached hydrogens (tertiary/aromatic N) is 1. The van der Waals surface area contributed by atoms with Crippen LogP contribution in [0.15, 0.2) is 24.3 Å². The van der Waals surface area contributed by atoms with E-state index < -0.39 is 0 Å². The summed E-state index contributed by atoms with van der Waals surface area (Å²) < 4.78 is 0. The number of benzene rings is 1. The minimum absolute atomic E-state index is 0.104. The highest BCUT2D eigenvalue weighted by atomic mass is 16.1. The lowest BCUT2D eigenvalue weighted by Crippen LogP contribution is -2.32. The third-order valence-corrected chi connectivity index (χ3v) is 3.01. The van der Waals surface area contributed by atoms with Crippen LogP contribution in [-0.4, -0.2) is 32.1 Å². The molecule has 106 valence electrons. The van der Waals surface area contributed by atoms with Crippen LogP contribution in [0.4, 0.5) is 5.69 Å². The quantitative estimate of drug-likeness (QED) is 0.750. The molecule has 19 heavy (non-hydrogen) atoms. The summed E-state index contributed by atoms with van der Waals surface area (Å²) in [6.07, 6.45) is 1.45. The molecule has 0 saturated heterocycles. The zero-order chi connectivity index (χ0) is 14.1. The molecule has 0 heterocycles. The molecule has 0 bridgehead atoms. The first-order chi connectivity index (χ1) is 9.17. The normalized spacial score (nSPS) is 10.3. The van der Waals surface area contributed by atoms with Gasteiger partial charge in [-0.2, -0.15) is 0 Å². The molecule has 0 saturated carbocycles. The van der Waals surface area contributed by atoms with Crippen LogP contribution < -0.4 is 16.0 Å². The lowest BCUT2D eigenvalue weighted by Gasteiger charge is -2.24. The number of anilines is 1. The van der Waals surface area contributed by atoms with Crippen LogP contribution in [-0.2, 0) is 4.79 Å². The first kappa shape index (κ1) is 15.5. The van der Waals surface area contributed by atoms with Gasteiger partial charge in [-0.3, -0.25) is 4.79 Å². The molecule has 3 N–H and O–H groups in total. The first-order valence-corrected chi connectivity index (χ1v) is 6.95. The summed E-state index contributed by atoms with van der Waals surface area (Å²) in [6.45, 7) is 6.98. The fourth-order valence-corrected chi connectivity index (χ4v) is 1.93. The molecular weight excluding hydrogens is 238 g/mol. The largest absolute Gasteiger partial charge is 0.371 e. The number of nitrogens with one attached hydrogen (secondary N) is 1. The van der Waals surface area contributed by atoms with Crippen molar-refractivity contribution in [2.24, 2.45) is 5.73 Å². The fraction of sp³-hybridized carbons (Fsp3) is 0.533. The second kappa shape index (κ2) is 8.53. The van der Waals surface area contributed by atoms with Crippen LogP contribution >= 0.6 is 0 Å². The van der Waals surface area contributed by atoms with E-state index in [9.17, 15) is 4.79 Å². The van der Waals surface area contributed by atoms with Gasteiger partial charge < -0.3 is 16.0 Å². The zero-order valence-electron chi connectivity index (χ0n) is 12.0. The van der Waals surface area contributed by atoms with Crippen molar-refractivity contribution < 1.29 is 4.79 Å². The van der Waals surface area contributed by atoms with Crippen LogP contribution in [0.5, 0.6) is 0 Å². The van der Waals surface area contributed by atoms with Gasteiger partial charge in [-0.15, -0.1) is 0 Å². The molecule has 0 aliphatic heterocycles. The van der Waals surface area contributed by atoms with Crippen molar-refractivity contribution in [3.05, 3.63) is 29.8 Å². The summed E-state index contributed by atoms with van der Waals surface area (Å²) in [4.78, 5) is 13.8. The van der Waals surface area contributed by atoms with Crippen LogP contribution in [0.3, 0.4) is 0 Å². The number of hydrogen-bond donors (Lipinski definition) is 2. The monoisotopic (exact) mass is 263 g/mol. The summed E-state index contributed by atoms with van der Waals surface area (Å²) in [5.41, 5.74) is 7.97. The third-order valence-electron chi connectivity index (χ3n) is 3.01. The summed E-state index contributed by atoms with van der Waals surface area (Å²) in [6, 6.07) is 8.39. The molecular formula is C15H25N3O. The maximum absolute atomic E-state index is 11.5. The molecule has 0 aliphatic carbocycles. The van der Waals surface area contributed by atoms with E-state index in [1.165, 1.54) is 5.56 Å². The smallest absolute Gasteiger partial charge is 0.221 e. The molecule has 4 nitrogen and oxygen atoms in total. The number of carbonyl (C=O) groups excluding carboxylic acids is 1. The van der Waals surface area contributed by atoms with Crippen LogP contribution in [0, 0.1) is 6.92 Å². The van der Waals surface area contributed by atoms with E-state index in [-0.39, 0.29) is 5.91 Å². The Balaban J connectivity index is 2.60. The Labute approximate surface area is 116 Å². The van der Waals surface area contributed by atoms with Gasteiger partial charge in [-0.05, 0) is 38.9 Å². The van der Waals surface area contributed by atoms with Crippen molar-refractivity contribution in [2.45, 2.75) is 26.7 Å². The highest BCUT2D eigenvalue weighted by Gasteiger charge is 2.08. The van der Waals surface area contributed by atoms with Gasteiger partial charge in [-0.1, -0.05) is 17.7 Å². The Morgan fingerprint density at radius 3 is 2.53 bits per heavy atom. The second-order valence-corrected chi connectivity index (χ2v) is 4.67. The molecule has 1 aromatic carbocycles. The molecule has 0 unspecified atom stereocenters. The third kappa shape index (κ3) is 5.75. The summed E-state index contributed by atoms with van der Waals surface area (Å²) in [5.74, 6) is 0.104. The van der Waals surface area contributed by atoms with Gasteiger partial charge in [0.05, 0.1) is 0 Å². The maximum atomic E-state index is 11.5. The standard InChI is InChI=1S/C15H25N3O/c1-3-17-15(19)9-12-18(11-4-10-16)14-7-5-13(2)6-8-14/h5-8H,3-4,9-12,16H2,1-2H3,(H,17,19). The van der Waals surface area contributed by atoms with E-state index in [4.69, 9.17) is 5.73 Å². The topological polar surface area (TPSA) is 58.4 Å². The molecule has 1 rings (SSSR count). The zero-order valence-corrected chi connectivity index (χ0v) is 12.0. The number of nitrogens with two attached hydrogens (primary N) is 1. The van der Waals surface area contributed by atoms with E-state index >= 15 is 0 Å². The van der Waals surface area contributed by atoms with E-state index in [1.807, 2.05) is 6.92 Å². The van der Waals surface area contributed by atoms with Gasteiger partial charge in [0, 0.05) is 31.7 Å². The Morgan fingerprint density at radius 2 is 1.95 bits per heavy atom. The van der Waals surface area contributed by atoms with E-state index in [2.05, 4.69) is 41.4 Å². The van der Waals surface area contributed by atoms with Gasteiger partial charge in [0.25, 0.3) is 0 Å². The highest BCUT2D eigenvalue weighted by Crippen LogP contribution is 2.15. The summed E-state index contributed by atoms with van der Waals surface area (Å²) >= 11 is 0. The van der Waals surface area contributed by atoms with Crippen molar-refractivity contribution in [3.8, 4) is 0 Å². The van der Waals surface area contributed by atoms with Crippen molar-refractivity contribution in [2.75, 3.05) is 31.1 Å². The first-order valence-electron chi connectivity index (χ1n) is 6.95. The van der Waals surface area contributed by atoms with E-state index in [1.54, 1.807) is 0 Å². The Kier molecular flexibility index (Phi) is 6.97. The average molecular weight is 263 g/mol. The van der Waals surface area contributed by atoms with Crippen molar-refractivity contribution >= 4 is 11.6 Å². The predicted molar refractivity (Wildman–Crippen MR) is 80.4 cm³/mol. The molecule has 4 heteroatoms. The molecule has 0 fully saturated rings. The van der Waals surface area contributed by atoms with Gasteiger partial charge in [-0.25, -0.2) is 0 Å². The maximum Gasteiger partial charge on any atom is 0.221 e. The fourth-order valence-electron chi connectivity index (χ4n) is 1.93. The summed E-state index contributed by atoms with van der Waals surface area (Å²) in [7, 11) is 0. The molecule has 0 aromatic heterocycles. The Bertz CT molecular complexity index is 375. The molecule has 0 radical (unpaired) electrons. The SMILES string of the molecule is CCNC(=O)CCN(CCCN)c1ccc(C)cc1. The number of aryl methyl sites for hydroxylation is 1. The van der Waals surface area contributed by atoms with E-state index in [0.717, 1.165) is 25.2 Å². The minimum Gasteiger partial charge on any atom is -0.371 e. The molecule has 1 aromatic rings. The van der Waals surface area contributed by atoms with Crippen molar-refractivity contribution in [1.82, 2.24) is 5.32 Å². The second-order valence-electron chi connectivity index (χ2n) is 4.67. The summed E-state index contributed by atoms with van der Waals surface area (Å²) in [5, 5.41) is 2.83. The van der Waals surface area contributed by atoms with Crippen LogP contribution in [0.1, 0.15) is 25.3 Å². The van der Waals surface area contributed by atoms with Crippen LogP contribution in [0.2, 0.25) is 0 Å². The Hall–Kier alpha value is -1.55. The molecule has 0 aliphatic rings. The van der Waals surface area contributed by atoms with Crippen LogP contribution in [0.25, 0.3) is 0 Å². The molecule has 0 spiro atoms. The average Bonchev–Trinajstić information content (AvgIpc) is 2.40. The van der Waals surface area contributed by atoms with Gasteiger partial charge in [0.2, 0.25) is 5.91 Å². The lowest BCUT2D eigenvalue weighted by atomic mass is 10.2.